The number of hydrogen-bond acceptors (Lipinski definition) is 5. The minimum absolute atomic E-state index is 0.121. The number of H-pyrrole nitrogens is 1. The lowest BCUT2D eigenvalue weighted by Gasteiger charge is -2.21. The maximum absolute atomic E-state index is 12.5. The Labute approximate surface area is 120 Å². The number of nitrogens with zero attached hydrogens (tertiary/aromatic N) is 2. The van der Waals surface area contributed by atoms with Crippen LogP contribution in [-0.4, -0.2) is 51.2 Å². The topological polar surface area (TPSA) is 103 Å². The van der Waals surface area contributed by atoms with Crippen molar-refractivity contribution in [1.29, 1.82) is 0 Å². The molecule has 0 aliphatic rings. The zero-order valence-corrected chi connectivity index (χ0v) is 12.4. The van der Waals surface area contributed by atoms with Gasteiger partial charge in [-0.3, -0.25) is 9.59 Å². The van der Waals surface area contributed by atoms with Crippen molar-refractivity contribution < 1.29 is 14.7 Å². The second-order valence-electron chi connectivity index (χ2n) is 4.08. The maximum atomic E-state index is 12.5. The van der Waals surface area contributed by atoms with Crippen molar-refractivity contribution >= 4 is 23.6 Å². The molecule has 1 aromatic heterocycles. The number of aromatic nitrogens is 2. The lowest BCUT2D eigenvalue weighted by atomic mass is 10.2. The third-order valence-corrected chi connectivity index (χ3v) is 3.44. The van der Waals surface area contributed by atoms with Gasteiger partial charge in [-0.1, -0.05) is 0 Å². The number of aromatic amines is 1. The zero-order chi connectivity index (χ0) is 15.3. The molecule has 110 valence electrons. The summed E-state index contributed by atoms with van der Waals surface area (Å²) in [5.74, 6) is -1.28. The second kappa shape index (κ2) is 7.09. The van der Waals surface area contributed by atoms with Crippen molar-refractivity contribution in [3.8, 4) is 0 Å². The minimum Gasteiger partial charge on any atom is -0.481 e. The van der Waals surface area contributed by atoms with Gasteiger partial charge in [0.1, 0.15) is 5.03 Å². The first-order chi connectivity index (χ1) is 9.40. The number of aliphatic carboxylic acids is 1. The standard InChI is InChI=1S/C12H17N3O4S/c1-4-15(6-5-8(16)17)11(18)9-7(2)13-12(19)14-10(9)20-3/h4-6H2,1-3H3,(H,16,17)(H,13,14,19). The highest BCUT2D eigenvalue weighted by molar-refractivity contribution is 7.98. The normalized spacial score (nSPS) is 10.3. The summed E-state index contributed by atoms with van der Waals surface area (Å²) in [5, 5.41) is 9.05. The molecule has 0 aliphatic heterocycles. The predicted molar refractivity (Wildman–Crippen MR) is 75.2 cm³/mol. The fraction of sp³-hybridized carbons (Fsp3) is 0.500. The van der Waals surface area contributed by atoms with Gasteiger partial charge >= 0.3 is 11.7 Å². The van der Waals surface area contributed by atoms with Crippen molar-refractivity contribution in [1.82, 2.24) is 14.9 Å². The van der Waals surface area contributed by atoms with Crippen LogP contribution in [0, 0.1) is 6.92 Å². The molecule has 1 amide bonds. The van der Waals surface area contributed by atoms with Crippen molar-refractivity contribution in [3.63, 3.8) is 0 Å². The van der Waals surface area contributed by atoms with Crippen molar-refractivity contribution in [2.45, 2.75) is 25.3 Å². The summed E-state index contributed by atoms with van der Waals surface area (Å²) in [6.45, 7) is 3.91. The van der Waals surface area contributed by atoms with Gasteiger partial charge in [-0.2, -0.15) is 4.98 Å². The number of nitrogens with one attached hydrogen (secondary N) is 1. The molecule has 0 saturated carbocycles. The number of hydrogen-bond donors (Lipinski definition) is 2. The Balaban J connectivity index is 3.12. The van der Waals surface area contributed by atoms with Crippen LogP contribution < -0.4 is 5.69 Å². The van der Waals surface area contributed by atoms with E-state index in [1.807, 2.05) is 0 Å². The van der Waals surface area contributed by atoms with Crippen molar-refractivity contribution in [2.75, 3.05) is 19.3 Å². The summed E-state index contributed by atoms with van der Waals surface area (Å²) in [6, 6.07) is 0. The molecule has 1 heterocycles. The van der Waals surface area contributed by atoms with Gasteiger partial charge in [-0.25, -0.2) is 4.79 Å². The summed E-state index contributed by atoms with van der Waals surface area (Å²) in [6.07, 6.45) is 1.61. The molecule has 20 heavy (non-hydrogen) atoms. The minimum atomic E-state index is -0.961. The Hall–Kier alpha value is -1.83. The van der Waals surface area contributed by atoms with Crippen LogP contribution in [-0.2, 0) is 4.79 Å². The van der Waals surface area contributed by atoms with E-state index in [2.05, 4.69) is 9.97 Å². The van der Waals surface area contributed by atoms with Crippen LogP contribution in [0.3, 0.4) is 0 Å². The van der Waals surface area contributed by atoms with Crippen LogP contribution in [0.15, 0.2) is 9.82 Å². The number of amides is 1. The van der Waals surface area contributed by atoms with Crippen molar-refractivity contribution in [2.24, 2.45) is 0 Å². The number of carboxylic acid groups (broad SMARTS) is 1. The van der Waals surface area contributed by atoms with Crippen LogP contribution in [0.25, 0.3) is 0 Å². The molecule has 0 saturated heterocycles. The number of thioether (sulfide) groups is 1. The molecule has 0 aliphatic carbocycles. The average Bonchev–Trinajstić information content (AvgIpc) is 2.37. The van der Waals surface area contributed by atoms with E-state index in [1.165, 1.54) is 16.7 Å². The summed E-state index contributed by atoms with van der Waals surface area (Å²) >= 11 is 1.21. The number of aryl methyl sites for hydroxylation is 1. The summed E-state index contributed by atoms with van der Waals surface area (Å²) in [7, 11) is 0. The van der Waals surface area contributed by atoms with Gasteiger partial charge in [0.25, 0.3) is 5.91 Å². The molecule has 0 fully saturated rings. The van der Waals surface area contributed by atoms with Crippen LogP contribution in [0.2, 0.25) is 0 Å². The van der Waals surface area contributed by atoms with Gasteiger partial charge in [0, 0.05) is 18.8 Å². The molecular weight excluding hydrogens is 282 g/mol. The zero-order valence-electron chi connectivity index (χ0n) is 11.6. The van der Waals surface area contributed by atoms with Crippen LogP contribution in [0.4, 0.5) is 0 Å². The lowest BCUT2D eigenvalue weighted by molar-refractivity contribution is -0.137. The third kappa shape index (κ3) is 3.83. The number of carbonyl (C=O) groups excluding carboxylic acids is 1. The van der Waals surface area contributed by atoms with Gasteiger partial charge in [-0.15, -0.1) is 11.8 Å². The van der Waals surface area contributed by atoms with E-state index in [4.69, 9.17) is 5.11 Å². The van der Waals surface area contributed by atoms with Crippen LogP contribution >= 0.6 is 11.8 Å². The quantitative estimate of drug-likeness (QED) is 0.593. The summed E-state index contributed by atoms with van der Waals surface area (Å²) in [4.78, 5) is 42.1. The molecule has 0 aromatic carbocycles. The molecule has 1 aromatic rings. The number of carboxylic acids is 1. The second-order valence-corrected chi connectivity index (χ2v) is 4.87. The monoisotopic (exact) mass is 299 g/mol. The summed E-state index contributed by atoms with van der Waals surface area (Å²) < 4.78 is 0. The van der Waals surface area contributed by atoms with Crippen LogP contribution in [0.1, 0.15) is 29.4 Å². The fourth-order valence-corrected chi connectivity index (χ4v) is 2.37. The maximum Gasteiger partial charge on any atom is 0.346 e. The Kier molecular flexibility index (Phi) is 5.75. The first-order valence-corrected chi connectivity index (χ1v) is 7.29. The molecule has 0 spiro atoms. The Morgan fingerprint density at radius 3 is 2.60 bits per heavy atom. The molecular formula is C12H17N3O4S. The highest BCUT2D eigenvalue weighted by Crippen LogP contribution is 2.20. The number of carbonyl (C=O) groups is 2. The predicted octanol–water partition coefficient (Wildman–Crippen LogP) is 0.737. The van der Waals surface area contributed by atoms with E-state index >= 15 is 0 Å². The van der Waals surface area contributed by atoms with E-state index in [0.717, 1.165) is 0 Å². The molecule has 8 heteroatoms. The Morgan fingerprint density at radius 2 is 2.10 bits per heavy atom. The van der Waals surface area contributed by atoms with Gasteiger partial charge < -0.3 is 15.0 Å². The van der Waals surface area contributed by atoms with E-state index < -0.39 is 11.7 Å². The van der Waals surface area contributed by atoms with Gasteiger partial charge in [0.2, 0.25) is 0 Å². The first-order valence-electron chi connectivity index (χ1n) is 6.06. The van der Waals surface area contributed by atoms with E-state index in [0.29, 0.717) is 22.8 Å². The van der Waals surface area contributed by atoms with Gasteiger partial charge in [-0.05, 0) is 20.1 Å². The first kappa shape index (κ1) is 16.2. The van der Waals surface area contributed by atoms with E-state index in [1.54, 1.807) is 20.1 Å². The van der Waals surface area contributed by atoms with E-state index in [9.17, 15) is 14.4 Å². The lowest BCUT2D eigenvalue weighted by Crippen LogP contribution is -2.34. The van der Waals surface area contributed by atoms with E-state index in [-0.39, 0.29) is 18.9 Å². The summed E-state index contributed by atoms with van der Waals surface area (Å²) in [5.41, 5.74) is 0.259. The SMILES string of the molecule is CCN(CCC(=O)O)C(=O)c1c(SC)nc(=O)[nH]c1C. The fourth-order valence-electron chi connectivity index (χ4n) is 1.75. The third-order valence-electron chi connectivity index (χ3n) is 2.76. The molecule has 0 radical (unpaired) electrons. The Morgan fingerprint density at radius 1 is 1.45 bits per heavy atom. The molecule has 0 bridgehead atoms. The molecule has 1 rings (SSSR count). The average molecular weight is 299 g/mol. The highest BCUT2D eigenvalue weighted by Gasteiger charge is 2.22. The van der Waals surface area contributed by atoms with Gasteiger partial charge in [0.05, 0.1) is 12.0 Å². The largest absolute Gasteiger partial charge is 0.481 e. The molecule has 7 nitrogen and oxygen atoms in total. The number of rotatable bonds is 6. The smallest absolute Gasteiger partial charge is 0.346 e. The molecule has 0 unspecified atom stereocenters. The molecule has 2 N–H and O–H groups in total. The highest BCUT2D eigenvalue weighted by atomic mass is 32.2. The van der Waals surface area contributed by atoms with Crippen LogP contribution in [0.5, 0.6) is 0 Å². The van der Waals surface area contributed by atoms with Crippen molar-refractivity contribution in [3.05, 3.63) is 21.7 Å². The molecule has 0 atom stereocenters. The Bertz CT molecular complexity index is 570. The van der Waals surface area contributed by atoms with Gasteiger partial charge in [0.15, 0.2) is 0 Å².